The first kappa shape index (κ1) is 13.3. The van der Waals surface area contributed by atoms with E-state index in [0.29, 0.717) is 6.42 Å². The van der Waals surface area contributed by atoms with Gasteiger partial charge in [-0.3, -0.25) is 0 Å². The van der Waals surface area contributed by atoms with Crippen LogP contribution in [0.4, 0.5) is 0 Å². The number of rotatable bonds is 4. The van der Waals surface area contributed by atoms with E-state index in [0.717, 1.165) is 27.8 Å². The van der Waals surface area contributed by atoms with Crippen LogP contribution in [-0.2, 0) is 6.42 Å². The largest absolute Gasteiger partial charge is 0.457 e. The number of para-hydroxylation sites is 1. The van der Waals surface area contributed by atoms with E-state index in [4.69, 9.17) is 10.00 Å². The Morgan fingerprint density at radius 2 is 1.71 bits per heavy atom. The lowest BCUT2D eigenvalue weighted by Gasteiger charge is -2.05. The molecule has 0 N–H and O–H groups in total. The van der Waals surface area contributed by atoms with Gasteiger partial charge < -0.3 is 4.74 Å². The average Bonchev–Trinajstić information content (AvgIpc) is 2.98. The van der Waals surface area contributed by atoms with Gasteiger partial charge in [0.15, 0.2) is 0 Å². The fraction of sp³-hybridized carbons (Fsp3) is 0.0588. The quantitative estimate of drug-likeness (QED) is 0.702. The molecule has 4 heteroatoms. The predicted molar refractivity (Wildman–Crippen MR) is 83.4 cm³/mol. The summed E-state index contributed by atoms with van der Waals surface area (Å²) in [5.41, 5.74) is 1.92. The summed E-state index contributed by atoms with van der Waals surface area (Å²) in [6.07, 6.45) is 0.361. The Bertz CT molecular complexity index is 757. The Hall–Kier alpha value is -2.64. The molecular weight excluding hydrogens is 280 g/mol. The molecule has 1 heterocycles. The lowest BCUT2D eigenvalue weighted by molar-refractivity contribution is 0.483. The molecule has 0 saturated carbocycles. The molecule has 0 fully saturated rings. The second kappa shape index (κ2) is 6.21. The van der Waals surface area contributed by atoms with Crippen LogP contribution in [0.15, 0.2) is 60.0 Å². The summed E-state index contributed by atoms with van der Waals surface area (Å²) in [7, 11) is 0. The SMILES string of the molecule is N#CCc1nc(-c2ccc(Oc3ccccc3)cc2)cs1. The number of hydrogen-bond donors (Lipinski definition) is 0. The van der Waals surface area contributed by atoms with Crippen molar-refractivity contribution in [2.75, 3.05) is 0 Å². The van der Waals surface area contributed by atoms with Gasteiger partial charge in [-0.05, 0) is 36.4 Å². The van der Waals surface area contributed by atoms with Crippen LogP contribution >= 0.6 is 11.3 Å². The number of nitriles is 1. The maximum absolute atomic E-state index is 8.68. The van der Waals surface area contributed by atoms with Gasteiger partial charge >= 0.3 is 0 Å². The van der Waals surface area contributed by atoms with Gasteiger partial charge in [0.05, 0.1) is 18.2 Å². The van der Waals surface area contributed by atoms with E-state index in [9.17, 15) is 0 Å². The normalized spacial score (nSPS) is 10.0. The zero-order valence-corrected chi connectivity index (χ0v) is 12.0. The van der Waals surface area contributed by atoms with Crippen molar-refractivity contribution in [1.82, 2.24) is 4.98 Å². The number of ether oxygens (including phenoxy) is 1. The van der Waals surface area contributed by atoms with Crippen molar-refractivity contribution < 1.29 is 4.74 Å². The highest BCUT2D eigenvalue weighted by atomic mass is 32.1. The molecule has 0 spiro atoms. The molecule has 1 aromatic heterocycles. The summed E-state index contributed by atoms with van der Waals surface area (Å²) in [4.78, 5) is 4.44. The van der Waals surface area contributed by atoms with Gasteiger partial charge in [0, 0.05) is 10.9 Å². The highest BCUT2D eigenvalue weighted by Crippen LogP contribution is 2.26. The molecule has 0 unspecified atom stereocenters. The summed E-state index contributed by atoms with van der Waals surface area (Å²) in [6, 6.07) is 19.6. The van der Waals surface area contributed by atoms with Crippen molar-refractivity contribution >= 4 is 11.3 Å². The van der Waals surface area contributed by atoms with Crippen molar-refractivity contribution in [3.05, 3.63) is 65.0 Å². The lowest BCUT2D eigenvalue weighted by Crippen LogP contribution is -1.85. The van der Waals surface area contributed by atoms with Crippen molar-refractivity contribution in [1.29, 1.82) is 5.26 Å². The van der Waals surface area contributed by atoms with E-state index >= 15 is 0 Å². The fourth-order valence-corrected chi connectivity index (χ4v) is 2.65. The first-order valence-corrected chi connectivity index (χ1v) is 7.38. The molecule has 3 rings (SSSR count). The van der Waals surface area contributed by atoms with Crippen LogP contribution in [0.2, 0.25) is 0 Å². The van der Waals surface area contributed by atoms with Crippen LogP contribution in [0.5, 0.6) is 11.5 Å². The minimum absolute atomic E-state index is 0.361. The Balaban J connectivity index is 1.76. The highest BCUT2D eigenvalue weighted by Gasteiger charge is 2.05. The van der Waals surface area contributed by atoms with Crippen molar-refractivity contribution in [3.63, 3.8) is 0 Å². The molecule has 0 aliphatic heterocycles. The van der Waals surface area contributed by atoms with E-state index in [1.54, 1.807) is 0 Å². The number of aromatic nitrogens is 1. The van der Waals surface area contributed by atoms with Gasteiger partial charge in [0.2, 0.25) is 0 Å². The van der Waals surface area contributed by atoms with Crippen molar-refractivity contribution in [3.8, 4) is 28.8 Å². The van der Waals surface area contributed by atoms with Crippen LogP contribution in [0.3, 0.4) is 0 Å². The number of thiazole rings is 1. The topological polar surface area (TPSA) is 45.9 Å². The summed E-state index contributed by atoms with van der Waals surface area (Å²) in [5, 5.41) is 11.5. The average molecular weight is 292 g/mol. The number of nitrogens with zero attached hydrogens (tertiary/aromatic N) is 2. The van der Waals surface area contributed by atoms with Gasteiger partial charge in [0.1, 0.15) is 16.5 Å². The Labute approximate surface area is 127 Å². The molecule has 3 nitrogen and oxygen atoms in total. The zero-order chi connectivity index (χ0) is 14.5. The zero-order valence-electron chi connectivity index (χ0n) is 11.2. The second-order valence-corrected chi connectivity index (χ2v) is 5.34. The van der Waals surface area contributed by atoms with Crippen LogP contribution < -0.4 is 4.74 Å². The number of hydrogen-bond acceptors (Lipinski definition) is 4. The Kier molecular flexibility index (Phi) is 3.95. The van der Waals surface area contributed by atoms with Crippen molar-refractivity contribution in [2.45, 2.75) is 6.42 Å². The molecule has 0 atom stereocenters. The van der Waals surface area contributed by atoms with Gasteiger partial charge in [-0.15, -0.1) is 11.3 Å². The molecule has 102 valence electrons. The third-order valence-corrected chi connectivity index (χ3v) is 3.76. The third-order valence-electron chi connectivity index (χ3n) is 2.91. The van der Waals surface area contributed by atoms with Gasteiger partial charge in [-0.1, -0.05) is 18.2 Å². The summed E-state index contributed by atoms with van der Waals surface area (Å²) >= 11 is 1.51. The van der Waals surface area contributed by atoms with Crippen LogP contribution in [-0.4, -0.2) is 4.98 Å². The van der Waals surface area contributed by atoms with Gasteiger partial charge in [0.25, 0.3) is 0 Å². The maximum atomic E-state index is 8.68. The first-order chi connectivity index (χ1) is 10.3. The molecule has 0 aliphatic rings. The van der Waals surface area contributed by atoms with Crippen molar-refractivity contribution in [2.24, 2.45) is 0 Å². The second-order valence-electron chi connectivity index (χ2n) is 4.40. The highest BCUT2D eigenvalue weighted by molar-refractivity contribution is 7.10. The fourth-order valence-electron chi connectivity index (χ4n) is 1.91. The van der Waals surface area contributed by atoms with E-state index in [-0.39, 0.29) is 0 Å². The molecule has 0 aliphatic carbocycles. The van der Waals surface area contributed by atoms with Crippen LogP contribution in [0, 0.1) is 11.3 Å². The maximum Gasteiger partial charge on any atom is 0.127 e. The summed E-state index contributed by atoms with van der Waals surface area (Å²) in [6.45, 7) is 0. The minimum atomic E-state index is 0.361. The molecule has 3 aromatic rings. The summed E-state index contributed by atoms with van der Waals surface area (Å²) < 4.78 is 5.75. The third kappa shape index (κ3) is 3.28. The molecule has 0 amide bonds. The van der Waals surface area contributed by atoms with Crippen LogP contribution in [0.1, 0.15) is 5.01 Å². The molecular formula is C17H12N2OS. The molecule has 0 saturated heterocycles. The Morgan fingerprint density at radius 3 is 2.43 bits per heavy atom. The van der Waals surface area contributed by atoms with E-state index in [1.165, 1.54) is 11.3 Å². The lowest BCUT2D eigenvalue weighted by atomic mass is 10.2. The van der Waals surface area contributed by atoms with Gasteiger partial charge in [-0.2, -0.15) is 5.26 Å². The molecule has 2 aromatic carbocycles. The predicted octanol–water partition coefficient (Wildman–Crippen LogP) is 4.67. The first-order valence-electron chi connectivity index (χ1n) is 6.50. The van der Waals surface area contributed by atoms with Crippen LogP contribution in [0.25, 0.3) is 11.3 Å². The standard InChI is InChI=1S/C17H12N2OS/c18-11-10-17-19-16(12-21-17)13-6-8-15(9-7-13)20-14-4-2-1-3-5-14/h1-9,12H,10H2. The minimum Gasteiger partial charge on any atom is -0.457 e. The van der Waals surface area contributed by atoms with E-state index in [1.807, 2.05) is 60.0 Å². The monoisotopic (exact) mass is 292 g/mol. The smallest absolute Gasteiger partial charge is 0.127 e. The number of benzene rings is 2. The van der Waals surface area contributed by atoms with Gasteiger partial charge in [-0.25, -0.2) is 4.98 Å². The Morgan fingerprint density at radius 1 is 1.00 bits per heavy atom. The molecule has 0 radical (unpaired) electrons. The van der Waals surface area contributed by atoms with E-state index in [2.05, 4.69) is 11.1 Å². The molecule has 0 bridgehead atoms. The molecule has 21 heavy (non-hydrogen) atoms. The van der Waals surface area contributed by atoms with E-state index < -0.39 is 0 Å². The summed E-state index contributed by atoms with van der Waals surface area (Å²) in [5.74, 6) is 1.60.